The van der Waals surface area contributed by atoms with Gasteiger partial charge in [0, 0.05) is 20.3 Å². The van der Waals surface area contributed by atoms with E-state index in [0.29, 0.717) is 12.8 Å². The highest BCUT2D eigenvalue weighted by Crippen LogP contribution is 2.41. The fraction of sp³-hybridized carbons (Fsp3) is 0.583. The van der Waals surface area contributed by atoms with E-state index in [1.807, 2.05) is 0 Å². The van der Waals surface area contributed by atoms with Gasteiger partial charge in [0.1, 0.15) is 6.10 Å². The summed E-state index contributed by atoms with van der Waals surface area (Å²) in [6, 6.07) is 0. The summed E-state index contributed by atoms with van der Waals surface area (Å²) in [5.41, 5.74) is 0.788. The van der Waals surface area contributed by atoms with Gasteiger partial charge in [0.15, 0.2) is 11.9 Å². The van der Waals surface area contributed by atoms with Crippen molar-refractivity contribution in [2.75, 3.05) is 0 Å². The maximum absolute atomic E-state index is 11.3. The zero-order valence-electron chi connectivity index (χ0n) is 9.76. The second-order valence-corrected chi connectivity index (χ2v) is 4.43. The Balaban J connectivity index is 2.18. The molecule has 0 saturated heterocycles. The third kappa shape index (κ3) is 2.38. The molecule has 1 saturated carbocycles. The topological polar surface area (TPSA) is 69.7 Å². The Morgan fingerprint density at radius 3 is 2.47 bits per heavy atom. The van der Waals surface area contributed by atoms with Gasteiger partial charge in [0.05, 0.1) is 0 Å². The van der Waals surface area contributed by atoms with Crippen molar-refractivity contribution in [1.29, 1.82) is 0 Å². The number of ketones is 1. The van der Waals surface area contributed by atoms with Crippen LogP contribution < -0.4 is 0 Å². The predicted octanol–water partition coefficient (Wildman–Crippen LogP) is 0.769. The number of carbonyl (C=O) groups is 3. The van der Waals surface area contributed by atoms with Gasteiger partial charge in [0.2, 0.25) is 0 Å². The standard InChI is InChI=1S/C12H14O5/c1-6(13)16-11-4-8-3-9(15)5-10(8)12(11)17-7(2)14/h5,8,11-12H,3-4H2,1-2H3/t8-,11+,12+/m1/s1. The Morgan fingerprint density at radius 2 is 1.88 bits per heavy atom. The van der Waals surface area contributed by atoms with Crippen molar-refractivity contribution in [3.8, 4) is 0 Å². The summed E-state index contributed by atoms with van der Waals surface area (Å²) >= 11 is 0. The summed E-state index contributed by atoms with van der Waals surface area (Å²) in [5, 5.41) is 0. The van der Waals surface area contributed by atoms with Gasteiger partial charge < -0.3 is 9.47 Å². The molecule has 2 aliphatic rings. The van der Waals surface area contributed by atoms with Crippen LogP contribution in [0.15, 0.2) is 11.6 Å². The minimum Gasteiger partial charge on any atom is -0.458 e. The molecule has 2 rings (SSSR count). The van der Waals surface area contributed by atoms with E-state index in [1.54, 1.807) is 0 Å². The SMILES string of the molecule is CC(=O)O[C@H]1C[C@H]2CC(=O)C=C2[C@@H]1OC(C)=O. The van der Waals surface area contributed by atoms with Crippen LogP contribution >= 0.6 is 0 Å². The van der Waals surface area contributed by atoms with E-state index >= 15 is 0 Å². The maximum Gasteiger partial charge on any atom is 0.303 e. The van der Waals surface area contributed by atoms with Gasteiger partial charge >= 0.3 is 11.9 Å². The van der Waals surface area contributed by atoms with Crippen molar-refractivity contribution in [3.05, 3.63) is 11.6 Å². The van der Waals surface area contributed by atoms with E-state index in [9.17, 15) is 14.4 Å². The lowest BCUT2D eigenvalue weighted by molar-refractivity contribution is -0.160. The first-order valence-corrected chi connectivity index (χ1v) is 5.56. The molecule has 0 aromatic carbocycles. The number of rotatable bonds is 2. The summed E-state index contributed by atoms with van der Waals surface area (Å²) in [4.78, 5) is 33.3. The first kappa shape index (κ1) is 11.8. The zero-order chi connectivity index (χ0) is 12.6. The molecule has 0 heterocycles. The van der Waals surface area contributed by atoms with Crippen molar-refractivity contribution in [2.45, 2.75) is 38.9 Å². The molecule has 0 N–H and O–H groups in total. The Morgan fingerprint density at radius 1 is 1.24 bits per heavy atom. The van der Waals surface area contributed by atoms with Gasteiger partial charge in [-0.3, -0.25) is 14.4 Å². The lowest BCUT2D eigenvalue weighted by Crippen LogP contribution is -2.30. The fourth-order valence-corrected chi connectivity index (χ4v) is 2.52. The van der Waals surface area contributed by atoms with Crippen molar-refractivity contribution in [2.24, 2.45) is 5.92 Å². The van der Waals surface area contributed by atoms with E-state index in [-0.39, 0.29) is 11.7 Å². The number of carbonyl (C=O) groups excluding carboxylic acids is 3. The molecule has 0 amide bonds. The molecule has 1 fully saturated rings. The normalized spacial score (nSPS) is 30.8. The van der Waals surface area contributed by atoms with Gasteiger partial charge in [-0.05, 0) is 24.0 Å². The third-order valence-electron chi connectivity index (χ3n) is 3.04. The lowest BCUT2D eigenvalue weighted by atomic mass is 10.1. The number of hydrogen-bond donors (Lipinski definition) is 0. The zero-order valence-corrected chi connectivity index (χ0v) is 9.76. The number of allylic oxidation sites excluding steroid dienone is 1. The lowest BCUT2D eigenvalue weighted by Gasteiger charge is -2.19. The van der Waals surface area contributed by atoms with Gasteiger partial charge in [-0.25, -0.2) is 0 Å². The second-order valence-electron chi connectivity index (χ2n) is 4.43. The average Bonchev–Trinajstić information content (AvgIpc) is 2.64. The maximum atomic E-state index is 11.3. The molecular weight excluding hydrogens is 224 g/mol. The molecule has 5 heteroatoms. The van der Waals surface area contributed by atoms with E-state index < -0.39 is 24.1 Å². The third-order valence-corrected chi connectivity index (χ3v) is 3.04. The Labute approximate surface area is 98.8 Å². The molecule has 2 aliphatic carbocycles. The molecule has 5 nitrogen and oxygen atoms in total. The van der Waals surface area contributed by atoms with E-state index in [2.05, 4.69) is 0 Å². The number of fused-ring (bicyclic) bond motifs is 1. The molecule has 0 aromatic heterocycles. The molecule has 0 aliphatic heterocycles. The summed E-state index contributed by atoms with van der Waals surface area (Å²) in [6.45, 7) is 2.62. The van der Waals surface area contributed by atoms with Crippen LogP contribution in [0.3, 0.4) is 0 Å². The Kier molecular flexibility index (Phi) is 3.00. The molecule has 17 heavy (non-hydrogen) atoms. The van der Waals surface area contributed by atoms with Gasteiger partial charge in [-0.1, -0.05) is 0 Å². The molecule has 0 radical (unpaired) electrons. The molecule has 0 bridgehead atoms. The first-order chi connectivity index (χ1) is 7.97. The Hall–Kier alpha value is -1.65. The monoisotopic (exact) mass is 238 g/mol. The Bertz CT molecular complexity index is 409. The summed E-state index contributed by atoms with van der Waals surface area (Å²) in [6.07, 6.45) is 1.44. The largest absolute Gasteiger partial charge is 0.458 e. The molecule has 0 spiro atoms. The van der Waals surface area contributed by atoms with Gasteiger partial charge in [-0.15, -0.1) is 0 Å². The van der Waals surface area contributed by atoms with Crippen molar-refractivity contribution in [1.82, 2.24) is 0 Å². The quantitative estimate of drug-likeness (QED) is 0.664. The summed E-state index contributed by atoms with van der Waals surface area (Å²) in [7, 11) is 0. The van der Waals surface area contributed by atoms with Crippen LogP contribution in [-0.4, -0.2) is 29.9 Å². The van der Waals surface area contributed by atoms with Crippen LogP contribution in [0, 0.1) is 5.92 Å². The van der Waals surface area contributed by atoms with Gasteiger partial charge in [0.25, 0.3) is 0 Å². The van der Waals surface area contributed by atoms with Crippen LogP contribution in [0.1, 0.15) is 26.7 Å². The van der Waals surface area contributed by atoms with Crippen LogP contribution in [0.5, 0.6) is 0 Å². The highest BCUT2D eigenvalue weighted by atomic mass is 16.6. The highest BCUT2D eigenvalue weighted by Gasteiger charge is 2.46. The fourth-order valence-electron chi connectivity index (χ4n) is 2.52. The first-order valence-electron chi connectivity index (χ1n) is 5.56. The van der Waals surface area contributed by atoms with Gasteiger partial charge in [-0.2, -0.15) is 0 Å². The van der Waals surface area contributed by atoms with E-state index in [1.165, 1.54) is 19.9 Å². The summed E-state index contributed by atoms with van der Waals surface area (Å²) < 4.78 is 10.3. The predicted molar refractivity (Wildman–Crippen MR) is 56.9 cm³/mol. The van der Waals surface area contributed by atoms with Crippen molar-refractivity contribution < 1.29 is 23.9 Å². The number of esters is 2. The molecule has 0 unspecified atom stereocenters. The number of ether oxygens (including phenoxy) is 2. The minimum atomic E-state index is -0.590. The van der Waals surface area contributed by atoms with Crippen molar-refractivity contribution >= 4 is 17.7 Å². The van der Waals surface area contributed by atoms with Crippen LogP contribution in [0.4, 0.5) is 0 Å². The second kappa shape index (κ2) is 4.31. The molecule has 3 atom stereocenters. The minimum absolute atomic E-state index is 0.0448. The van der Waals surface area contributed by atoms with E-state index in [4.69, 9.17) is 9.47 Å². The van der Waals surface area contributed by atoms with E-state index in [0.717, 1.165) is 5.57 Å². The summed E-state index contributed by atoms with van der Waals surface area (Å²) in [5.74, 6) is -0.744. The van der Waals surface area contributed by atoms with Crippen molar-refractivity contribution in [3.63, 3.8) is 0 Å². The number of hydrogen-bond acceptors (Lipinski definition) is 5. The highest BCUT2D eigenvalue weighted by molar-refractivity contribution is 5.94. The van der Waals surface area contributed by atoms with Crippen LogP contribution in [0.25, 0.3) is 0 Å². The average molecular weight is 238 g/mol. The van der Waals surface area contributed by atoms with Crippen LogP contribution in [0.2, 0.25) is 0 Å². The molecule has 0 aromatic rings. The smallest absolute Gasteiger partial charge is 0.303 e. The van der Waals surface area contributed by atoms with Crippen LogP contribution in [-0.2, 0) is 23.9 Å². The molecular formula is C12H14O5. The molecule has 92 valence electrons.